The number of anilines is 1. The number of aromatic nitrogens is 1. The number of carbonyl (C=O) groups is 1. The zero-order valence-corrected chi connectivity index (χ0v) is 10.3. The fourth-order valence-corrected chi connectivity index (χ4v) is 1.93. The molecule has 1 fully saturated rings. The van der Waals surface area contributed by atoms with Crippen LogP contribution in [0, 0.1) is 11.7 Å². The van der Waals surface area contributed by atoms with Crippen LogP contribution in [0.2, 0.25) is 0 Å². The predicted octanol–water partition coefficient (Wildman–Crippen LogP) is 3.04. The molecule has 0 atom stereocenters. The Morgan fingerprint density at radius 1 is 1.58 bits per heavy atom. The Labute approximate surface area is 109 Å². The van der Waals surface area contributed by atoms with Gasteiger partial charge in [0.2, 0.25) is 5.91 Å². The molecule has 1 saturated carbocycles. The van der Waals surface area contributed by atoms with Crippen molar-refractivity contribution in [1.29, 1.82) is 0 Å². The van der Waals surface area contributed by atoms with Gasteiger partial charge in [0.15, 0.2) is 17.3 Å². The van der Waals surface area contributed by atoms with E-state index in [0.717, 1.165) is 12.5 Å². The van der Waals surface area contributed by atoms with E-state index >= 15 is 0 Å². The van der Waals surface area contributed by atoms with E-state index in [1.165, 1.54) is 25.0 Å². The summed E-state index contributed by atoms with van der Waals surface area (Å²) in [6.07, 6.45) is 4.29. The van der Waals surface area contributed by atoms with Crippen molar-refractivity contribution in [3.8, 4) is 0 Å². The topological polar surface area (TPSA) is 55.1 Å². The first kappa shape index (κ1) is 11.9. The second-order valence-corrected chi connectivity index (χ2v) is 4.75. The van der Waals surface area contributed by atoms with Crippen molar-refractivity contribution in [1.82, 2.24) is 4.98 Å². The lowest BCUT2D eigenvalue weighted by molar-refractivity contribution is -0.111. The van der Waals surface area contributed by atoms with Crippen LogP contribution in [-0.4, -0.2) is 10.9 Å². The summed E-state index contributed by atoms with van der Waals surface area (Å²) in [4.78, 5) is 15.5. The summed E-state index contributed by atoms with van der Waals surface area (Å²) in [7, 11) is 0. The third-order valence-electron chi connectivity index (χ3n) is 3.13. The van der Waals surface area contributed by atoms with Crippen LogP contribution in [0.25, 0.3) is 11.1 Å². The van der Waals surface area contributed by atoms with E-state index in [9.17, 15) is 9.18 Å². The second-order valence-electron chi connectivity index (χ2n) is 4.75. The van der Waals surface area contributed by atoms with Crippen molar-refractivity contribution in [2.75, 3.05) is 5.32 Å². The summed E-state index contributed by atoms with van der Waals surface area (Å²) < 4.78 is 19.3. The molecule has 4 nitrogen and oxygen atoms in total. The molecule has 1 N–H and O–H groups in total. The Hall–Kier alpha value is -2.17. The lowest BCUT2D eigenvalue weighted by Gasteiger charge is -2.02. The number of amides is 1. The first-order valence-corrected chi connectivity index (χ1v) is 6.18. The number of nitrogens with one attached hydrogen (secondary N) is 1. The van der Waals surface area contributed by atoms with Gasteiger partial charge in [-0.3, -0.25) is 4.79 Å². The molecule has 0 spiro atoms. The van der Waals surface area contributed by atoms with Crippen molar-refractivity contribution in [3.63, 3.8) is 0 Å². The van der Waals surface area contributed by atoms with Crippen LogP contribution < -0.4 is 5.32 Å². The van der Waals surface area contributed by atoms with Crippen molar-refractivity contribution >= 4 is 22.7 Å². The summed E-state index contributed by atoms with van der Waals surface area (Å²) in [5, 5.41) is 2.40. The molecule has 2 aromatic rings. The van der Waals surface area contributed by atoms with Gasteiger partial charge < -0.3 is 9.73 Å². The van der Waals surface area contributed by atoms with E-state index in [-0.39, 0.29) is 5.69 Å². The molecule has 1 aliphatic carbocycles. The highest BCUT2D eigenvalue weighted by Gasteiger charge is 2.24. The number of oxazole rings is 1. The Morgan fingerprint density at radius 3 is 3.05 bits per heavy atom. The van der Waals surface area contributed by atoms with Crippen molar-refractivity contribution in [3.05, 3.63) is 36.5 Å². The average molecular weight is 260 g/mol. The fraction of sp³-hybridized carbons (Fsp3) is 0.286. The molecule has 5 heteroatoms. The van der Waals surface area contributed by atoms with Gasteiger partial charge in [-0.15, -0.1) is 0 Å². The number of fused-ring (bicyclic) bond motifs is 1. The first-order chi connectivity index (χ1) is 9.15. The maximum atomic E-state index is 13.8. The number of rotatable bonds is 4. The summed E-state index contributed by atoms with van der Waals surface area (Å²) in [5.41, 5.74) is 1.05. The normalized spacial score (nSPS) is 14.6. The minimum atomic E-state index is -0.545. The van der Waals surface area contributed by atoms with Crippen LogP contribution in [0.3, 0.4) is 0 Å². The Bertz CT molecular complexity index is 659. The highest BCUT2D eigenvalue weighted by atomic mass is 19.1. The highest BCUT2D eigenvalue weighted by Crippen LogP contribution is 2.33. The lowest BCUT2D eigenvalue weighted by atomic mass is 10.2. The maximum absolute atomic E-state index is 13.8. The Kier molecular flexibility index (Phi) is 2.81. The molecule has 0 radical (unpaired) electrons. The number of carbonyl (C=O) groups excluding carboxylic acids is 1. The van der Waals surface area contributed by atoms with E-state index in [1.807, 2.05) is 0 Å². The smallest absolute Gasteiger partial charge is 0.247 e. The zero-order valence-electron chi connectivity index (χ0n) is 10.3. The molecule has 1 aromatic heterocycles. The van der Waals surface area contributed by atoms with Crippen LogP contribution in [0.1, 0.15) is 18.7 Å². The van der Waals surface area contributed by atoms with E-state index < -0.39 is 11.7 Å². The minimum Gasteiger partial charge on any atom is -0.441 e. The van der Waals surface area contributed by atoms with Crippen LogP contribution in [0.4, 0.5) is 10.1 Å². The van der Waals surface area contributed by atoms with Gasteiger partial charge in [0, 0.05) is 12.5 Å². The molecule has 1 aliphatic rings. The number of hydrogen-bond acceptors (Lipinski definition) is 3. The summed E-state index contributed by atoms with van der Waals surface area (Å²) in [5.74, 6) is 0.277. The molecule has 0 aliphatic heterocycles. The van der Waals surface area contributed by atoms with Gasteiger partial charge in [-0.2, -0.15) is 0 Å². The second kappa shape index (κ2) is 4.50. The molecule has 0 unspecified atom stereocenters. The van der Waals surface area contributed by atoms with Gasteiger partial charge in [0.05, 0.1) is 5.69 Å². The molecule has 1 aromatic carbocycles. The van der Waals surface area contributed by atoms with E-state index in [1.54, 1.807) is 0 Å². The SMILES string of the molecule is C=CC(=O)Nc1cc2nc(CC3CC3)oc2cc1F. The highest BCUT2D eigenvalue weighted by molar-refractivity contribution is 6.00. The van der Waals surface area contributed by atoms with Gasteiger partial charge in [0.25, 0.3) is 0 Å². The van der Waals surface area contributed by atoms with E-state index in [0.29, 0.717) is 22.9 Å². The molecular weight excluding hydrogens is 247 g/mol. The summed E-state index contributed by atoms with van der Waals surface area (Å²) in [6.45, 7) is 3.32. The van der Waals surface area contributed by atoms with E-state index in [2.05, 4.69) is 16.9 Å². The minimum absolute atomic E-state index is 0.0867. The standard InChI is InChI=1S/C14H13FN2O2/c1-2-13(18)16-10-7-11-12(6-9(10)15)19-14(17-11)5-8-3-4-8/h2,6-8H,1,3-5H2,(H,16,18). The first-order valence-electron chi connectivity index (χ1n) is 6.18. The zero-order chi connectivity index (χ0) is 13.4. The Morgan fingerprint density at radius 2 is 2.37 bits per heavy atom. The fourth-order valence-electron chi connectivity index (χ4n) is 1.93. The van der Waals surface area contributed by atoms with Gasteiger partial charge in [-0.05, 0) is 30.9 Å². The molecule has 3 rings (SSSR count). The largest absolute Gasteiger partial charge is 0.441 e. The van der Waals surface area contributed by atoms with Gasteiger partial charge in [0.1, 0.15) is 5.52 Å². The van der Waals surface area contributed by atoms with Crippen molar-refractivity contribution < 1.29 is 13.6 Å². The van der Waals surface area contributed by atoms with Gasteiger partial charge in [-0.25, -0.2) is 9.37 Å². The van der Waals surface area contributed by atoms with Gasteiger partial charge >= 0.3 is 0 Å². The molecule has 0 bridgehead atoms. The lowest BCUT2D eigenvalue weighted by Crippen LogP contribution is -2.08. The molecule has 1 amide bonds. The predicted molar refractivity (Wildman–Crippen MR) is 69.2 cm³/mol. The Balaban J connectivity index is 1.93. The van der Waals surface area contributed by atoms with Crippen molar-refractivity contribution in [2.24, 2.45) is 5.92 Å². The molecular formula is C14H13FN2O2. The molecule has 1 heterocycles. The molecule has 98 valence electrons. The third kappa shape index (κ3) is 2.50. The quantitative estimate of drug-likeness (QED) is 0.859. The summed E-state index contributed by atoms with van der Waals surface area (Å²) >= 11 is 0. The van der Waals surface area contributed by atoms with Crippen LogP contribution in [-0.2, 0) is 11.2 Å². The monoisotopic (exact) mass is 260 g/mol. The van der Waals surface area contributed by atoms with Crippen LogP contribution in [0.5, 0.6) is 0 Å². The average Bonchev–Trinajstić information content (AvgIpc) is 3.10. The maximum Gasteiger partial charge on any atom is 0.247 e. The number of halogens is 1. The number of hydrogen-bond donors (Lipinski definition) is 1. The van der Waals surface area contributed by atoms with E-state index in [4.69, 9.17) is 4.42 Å². The number of benzene rings is 1. The van der Waals surface area contributed by atoms with Crippen LogP contribution >= 0.6 is 0 Å². The molecule has 0 saturated heterocycles. The summed E-state index contributed by atoms with van der Waals surface area (Å²) in [6, 6.07) is 2.73. The third-order valence-corrected chi connectivity index (χ3v) is 3.13. The number of nitrogens with zero attached hydrogens (tertiary/aromatic N) is 1. The van der Waals surface area contributed by atoms with Gasteiger partial charge in [-0.1, -0.05) is 6.58 Å². The van der Waals surface area contributed by atoms with Crippen molar-refractivity contribution in [2.45, 2.75) is 19.3 Å². The molecule has 19 heavy (non-hydrogen) atoms. The van der Waals surface area contributed by atoms with Crippen LogP contribution in [0.15, 0.2) is 29.2 Å².